The van der Waals surface area contributed by atoms with Crippen LogP contribution in [0, 0.1) is 0 Å². The van der Waals surface area contributed by atoms with Crippen LogP contribution in [0.5, 0.6) is 0 Å². The molecule has 5 nitrogen and oxygen atoms in total. The van der Waals surface area contributed by atoms with Gasteiger partial charge in [0.1, 0.15) is 0 Å². The van der Waals surface area contributed by atoms with E-state index in [2.05, 4.69) is 20.5 Å². The molecular weight excluding hydrogens is 236 g/mol. The number of thiazole rings is 1. The topological polar surface area (TPSA) is 70.7 Å². The van der Waals surface area contributed by atoms with Gasteiger partial charge in [-0.3, -0.25) is 15.2 Å². The number of nitrogens with zero attached hydrogens (tertiary/aromatic N) is 2. The van der Waals surface area contributed by atoms with Crippen molar-refractivity contribution in [2.75, 3.05) is 5.32 Å². The van der Waals surface area contributed by atoms with Crippen LogP contribution in [0.3, 0.4) is 0 Å². The summed E-state index contributed by atoms with van der Waals surface area (Å²) in [6.07, 6.45) is 7.63. The number of rotatable bonds is 2. The molecule has 0 bridgehead atoms. The maximum absolute atomic E-state index is 11.8. The largest absolute Gasteiger partial charge is 0.298 e. The molecule has 3 rings (SSSR count). The molecule has 0 atom stereocenters. The predicted molar refractivity (Wildman–Crippen MR) is 65.3 cm³/mol. The number of carbonyl (C=O) groups is 1. The van der Waals surface area contributed by atoms with Crippen molar-refractivity contribution in [3.8, 4) is 0 Å². The molecular formula is C11H12N4OS. The lowest BCUT2D eigenvalue weighted by molar-refractivity contribution is 0.102. The molecule has 2 N–H and O–H groups in total. The molecule has 0 radical (unpaired) electrons. The van der Waals surface area contributed by atoms with Gasteiger partial charge in [0, 0.05) is 11.1 Å². The Balaban J connectivity index is 1.77. The Labute approximate surface area is 102 Å². The fraction of sp³-hybridized carbons (Fsp3) is 0.364. The second kappa shape index (κ2) is 4.29. The maximum atomic E-state index is 11.8. The van der Waals surface area contributed by atoms with E-state index in [-0.39, 0.29) is 5.91 Å². The van der Waals surface area contributed by atoms with Crippen molar-refractivity contribution in [3.05, 3.63) is 28.5 Å². The second-order valence-electron chi connectivity index (χ2n) is 4.04. The zero-order chi connectivity index (χ0) is 11.7. The van der Waals surface area contributed by atoms with Gasteiger partial charge in [-0.1, -0.05) is 0 Å². The van der Waals surface area contributed by atoms with Gasteiger partial charge in [0.2, 0.25) is 0 Å². The van der Waals surface area contributed by atoms with Crippen LogP contribution in [0.1, 0.15) is 33.8 Å². The van der Waals surface area contributed by atoms with Crippen molar-refractivity contribution < 1.29 is 4.79 Å². The summed E-state index contributed by atoms with van der Waals surface area (Å²) in [6.45, 7) is 0. The van der Waals surface area contributed by atoms with E-state index in [1.165, 1.54) is 23.9 Å². The Kier molecular flexibility index (Phi) is 2.64. The summed E-state index contributed by atoms with van der Waals surface area (Å²) >= 11 is 1.59. The van der Waals surface area contributed by atoms with Crippen molar-refractivity contribution in [1.82, 2.24) is 15.2 Å². The standard InChI is InChI=1S/C11H12N4OS/c16-10(7-5-12-13-6-7)15-11-14-8-3-1-2-4-9(8)17-11/h5-6H,1-4H2,(H,12,13)(H,14,15,16). The van der Waals surface area contributed by atoms with Crippen LogP contribution in [-0.4, -0.2) is 21.1 Å². The van der Waals surface area contributed by atoms with Crippen LogP contribution >= 0.6 is 11.3 Å². The number of aromatic amines is 1. The minimum absolute atomic E-state index is 0.162. The quantitative estimate of drug-likeness (QED) is 0.854. The summed E-state index contributed by atoms with van der Waals surface area (Å²) in [7, 11) is 0. The van der Waals surface area contributed by atoms with Crippen molar-refractivity contribution >= 4 is 22.4 Å². The minimum Gasteiger partial charge on any atom is -0.298 e. The molecule has 0 spiro atoms. The lowest BCUT2D eigenvalue weighted by atomic mass is 10.0. The Bertz CT molecular complexity index is 508. The average molecular weight is 248 g/mol. The number of aromatic nitrogens is 3. The first-order chi connectivity index (χ1) is 8.33. The highest BCUT2D eigenvalue weighted by Gasteiger charge is 2.16. The monoisotopic (exact) mass is 248 g/mol. The summed E-state index contributed by atoms with van der Waals surface area (Å²) in [5.41, 5.74) is 1.68. The molecule has 2 aromatic heterocycles. The third-order valence-corrected chi connectivity index (χ3v) is 3.90. The van der Waals surface area contributed by atoms with Gasteiger partial charge in [0.05, 0.1) is 17.5 Å². The highest BCUT2D eigenvalue weighted by Crippen LogP contribution is 2.29. The molecule has 2 aromatic rings. The molecule has 1 aliphatic rings. The van der Waals surface area contributed by atoms with Crippen LogP contribution in [0.2, 0.25) is 0 Å². The van der Waals surface area contributed by atoms with Gasteiger partial charge in [-0.25, -0.2) is 4.98 Å². The van der Waals surface area contributed by atoms with E-state index in [0.717, 1.165) is 18.5 Å². The SMILES string of the molecule is O=C(Nc1nc2c(s1)CCCC2)c1cn[nH]c1. The van der Waals surface area contributed by atoms with E-state index in [4.69, 9.17) is 0 Å². The lowest BCUT2D eigenvalue weighted by Crippen LogP contribution is -2.10. The Morgan fingerprint density at radius 3 is 3.06 bits per heavy atom. The Morgan fingerprint density at radius 1 is 1.41 bits per heavy atom. The normalized spacial score (nSPS) is 14.4. The lowest BCUT2D eigenvalue weighted by Gasteiger charge is -2.06. The Morgan fingerprint density at radius 2 is 2.29 bits per heavy atom. The second-order valence-corrected chi connectivity index (χ2v) is 5.12. The molecule has 0 unspecified atom stereocenters. The first kappa shape index (κ1) is 10.5. The maximum Gasteiger partial charge on any atom is 0.260 e. The van der Waals surface area contributed by atoms with Gasteiger partial charge in [-0.15, -0.1) is 11.3 Å². The molecule has 0 saturated heterocycles. The van der Waals surface area contributed by atoms with Crippen molar-refractivity contribution in [1.29, 1.82) is 0 Å². The molecule has 1 amide bonds. The van der Waals surface area contributed by atoms with Gasteiger partial charge < -0.3 is 0 Å². The first-order valence-electron chi connectivity index (χ1n) is 5.61. The molecule has 2 heterocycles. The number of aryl methyl sites for hydroxylation is 2. The molecule has 0 aliphatic heterocycles. The molecule has 88 valence electrons. The van der Waals surface area contributed by atoms with E-state index >= 15 is 0 Å². The number of hydrogen-bond acceptors (Lipinski definition) is 4. The van der Waals surface area contributed by atoms with Crippen molar-refractivity contribution in [2.45, 2.75) is 25.7 Å². The molecule has 0 aromatic carbocycles. The molecule has 0 fully saturated rings. The van der Waals surface area contributed by atoms with Crippen LogP contribution in [0.15, 0.2) is 12.4 Å². The third kappa shape index (κ3) is 2.08. The molecule has 0 saturated carbocycles. The molecule has 6 heteroatoms. The molecule has 17 heavy (non-hydrogen) atoms. The van der Waals surface area contributed by atoms with Crippen LogP contribution < -0.4 is 5.32 Å². The van der Waals surface area contributed by atoms with E-state index < -0.39 is 0 Å². The summed E-state index contributed by atoms with van der Waals surface area (Å²) in [5, 5.41) is 9.87. The fourth-order valence-electron chi connectivity index (χ4n) is 1.95. The van der Waals surface area contributed by atoms with Gasteiger partial charge in [0.15, 0.2) is 5.13 Å². The minimum atomic E-state index is -0.162. The fourth-order valence-corrected chi connectivity index (χ4v) is 2.99. The van der Waals surface area contributed by atoms with Gasteiger partial charge >= 0.3 is 0 Å². The summed E-state index contributed by atoms with van der Waals surface area (Å²) in [5.74, 6) is -0.162. The molecule has 1 aliphatic carbocycles. The van der Waals surface area contributed by atoms with Crippen LogP contribution in [-0.2, 0) is 12.8 Å². The third-order valence-electron chi connectivity index (χ3n) is 2.83. The number of hydrogen-bond donors (Lipinski definition) is 2. The Hall–Kier alpha value is -1.69. The number of nitrogens with one attached hydrogen (secondary N) is 2. The van der Waals surface area contributed by atoms with Gasteiger partial charge in [0.25, 0.3) is 5.91 Å². The van der Waals surface area contributed by atoms with Gasteiger partial charge in [-0.05, 0) is 25.7 Å². The highest BCUT2D eigenvalue weighted by atomic mass is 32.1. The zero-order valence-electron chi connectivity index (χ0n) is 9.19. The number of fused-ring (bicyclic) bond motifs is 1. The number of H-pyrrole nitrogens is 1. The average Bonchev–Trinajstić information content (AvgIpc) is 2.97. The first-order valence-corrected chi connectivity index (χ1v) is 6.43. The van der Waals surface area contributed by atoms with Crippen LogP contribution in [0.25, 0.3) is 0 Å². The summed E-state index contributed by atoms with van der Waals surface area (Å²) in [4.78, 5) is 17.6. The summed E-state index contributed by atoms with van der Waals surface area (Å²) in [6, 6.07) is 0. The predicted octanol–water partition coefficient (Wildman–Crippen LogP) is 2.00. The van der Waals surface area contributed by atoms with Crippen LogP contribution in [0.4, 0.5) is 5.13 Å². The summed E-state index contributed by atoms with van der Waals surface area (Å²) < 4.78 is 0. The van der Waals surface area contributed by atoms with E-state index in [1.54, 1.807) is 17.5 Å². The van der Waals surface area contributed by atoms with E-state index in [1.807, 2.05) is 0 Å². The van der Waals surface area contributed by atoms with Crippen molar-refractivity contribution in [3.63, 3.8) is 0 Å². The van der Waals surface area contributed by atoms with E-state index in [9.17, 15) is 4.79 Å². The van der Waals surface area contributed by atoms with Crippen molar-refractivity contribution in [2.24, 2.45) is 0 Å². The number of carbonyl (C=O) groups excluding carboxylic acids is 1. The van der Waals surface area contributed by atoms with E-state index in [0.29, 0.717) is 10.7 Å². The zero-order valence-corrected chi connectivity index (χ0v) is 10.0. The number of amides is 1. The number of anilines is 1. The van der Waals surface area contributed by atoms with Gasteiger partial charge in [-0.2, -0.15) is 5.10 Å². The highest BCUT2D eigenvalue weighted by molar-refractivity contribution is 7.15. The smallest absolute Gasteiger partial charge is 0.260 e.